The van der Waals surface area contributed by atoms with Crippen LogP contribution in [0.4, 0.5) is 5.69 Å². The number of anilines is 1. The van der Waals surface area contributed by atoms with Gasteiger partial charge in [0.05, 0.1) is 0 Å². The smallest absolute Gasteiger partial charge is 0.313 e. The highest BCUT2D eigenvalue weighted by Gasteiger charge is 2.15. The largest absolute Gasteiger partial charge is 0.347 e. The number of hydrogen-bond donors (Lipinski definition) is 2. The van der Waals surface area contributed by atoms with E-state index < -0.39 is 11.8 Å². The maximum Gasteiger partial charge on any atom is 0.313 e. The number of benzene rings is 2. The first kappa shape index (κ1) is 19.0. The van der Waals surface area contributed by atoms with Crippen molar-refractivity contribution >= 4 is 29.1 Å². The van der Waals surface area contributed by atoms with E-state index in [4.69, 9.17) is 11.6 Å². The molecule has 0 fully saturated rings. The van der Waals surface area contributed by atoms with Crippen molar-refractivity contribution in [2.45, 2.75) is 32.6 Å². The third-order valence-corrected chi connectivity index (χ3v) is 4.04. The van der Waals surface area contributed by atoms with E-state index in [9.17, 15) is 9.59 Å². The summed E-state index contributed by atoms with van der Waals surface area (Å²) < 4.78 is 0. The molecule has 0 unspecified atom stereocenters. The van der Waals surface area contributed by atoms with Crippen molar-refractivity contribution in [1.29, 1.82) is 0 Å². The van der Waals surface area contributed by atoms with Crippen molar-refractivity contribution in [3.63, 3.8) is 0 Å². The molecule has 0 atom stereocenters. The molecule has 5 heteroatoms. The zero-order valence-corrected chi connectivity index (χ0v) is 15.5. The summed E-state index contributed by atoms with van der Waals surface area (Å²) in [6, 6.07) is 14.9. The normalized spacial score (nSPS) is 11.0. The van der Waals surface area contributed by atoms with Gasteiger partial charge in [0, 0.05) is 17.3 Å². The van der Waals surface area contributed by atoms with Gasteiger partial charge < -0.3 is 10.6 Å². The molecule has 2 rings (SSSR count). The molecule has 0 saturated heterocycles. The molecule has 132 valence electrons. The monoisotopic (exact) mass is 358 g/mol. The molecule has 0 heterocycles. The van der Waals surface area contributed by atoms with E-state index in [-0.39, 0.29) is 5.41 Å². The molecule has 0 aliphatic carbocycles. The molecule has 4 nitrogen and oxygen atoms in total. The summed E-state index contributed by atoms with van der Waals surface area (Å²) in [5, 5.41) is 5.87. The van der Waals surface area contributed by atoms with Gasteiger partial charge >= 0.3 is 11.8 Å². The molecule has 2 aromatic rings. The second kappa shape index (κ2) is 8.17. The highest BCUT2D eigenvalue weighted by atomic mass is 35.5. The maximum atomic E-state index is 11.9. The molecule has 25 heavy (non-hydrogen) atoms. The van der Waals surface area contributed by atoms with Gasteiger partial charge in [-0.05, 0) is 47.2 Å². The zero-order valence-electron chi connectivity index (χ0n) is 14.7. The van der Waals surface area contributed by atoms with Gasteiger partial charge in [-0.1, -0.05) is 56.6 Å². The van der Waals surface area contributed by atoms with Gasteiger partial charge in [0.15, 0.2) is 0 Å². The Morgan fingerprint density at radius 1 is 1.00 bits per heavy atom. The number of halogens is 1. The van der Waals surface area contributed by atoms with Crippen LogP contribution in [0.25, 0.3) is 0 Å². The number of amides is 2. The minimum atomic E-state index is -0.672. The number of rotatable bonds is 4. The molecule has 0 bridgehead atoms. The number of carbonyl (C=O) groups excluding carboxylic acids is 2. The first-order valence-corrected chi connectivity index (χ1v) is 8.58. The maximum absolute atomic E-state index is 11.9. The van der Waals surface area contributed by atoms with E-state index in [0.29, 0.717) is 23.7 Å². The Morgan fingerprint density at radius 2 is 1.68 bits per heavy atom. The highest BCUT2D eigenvalue weighted by molar-refractivity contribution is 6.39. The van der Waals surface area contributed by atoms with Gasteiger partial charge in [-0.3, -0.25) is 9.59 Å². The molecule has 0 saturated carbocycles. The molecular formula is C20H23ClN2O2. The van der Waals surface area contributed by atoms with Gasteiger partial charge in [-0.15, -0.1) is 0 Å². The van der Waals surface area contributed by atoms with E-state index in [2.05, 4.69) is 31.4 Å². The van der Waals surface area contributed by atoms with E-state index >= 15 is 0 Å². The first-order valence-electron chi connectivity index (χ1n) is 8.20. The van der Waals surface area contributed by atoms with Crippen molar-refractivity contribution in [3.8, 4) is 0 Å². The molecule has 0 spiro atoms. The summed E-state index contributed by atoms with van der Waals surface area (Å²) in [5.41, 5.74) is 2.81. The summed E-state index contributed by atoms with van der Waals surface area (Å²) in [7, 11) is 0. The van der Waals surface area contributed by atoms with Crippen molar-refractivity contribution in [1.82, 2.24) is 5.32 Å². The average molecular weight is 359 g/mol. The van der Waals surface area contributed by atoms with E-state index in [0.717, 1.165) is 11.1 Å². The number of hydrogen-bond acceptors (Lipinski definition) is 2. The van der Waals surface area contributed by atoms with Gasteiger partial charge in [0.1, 0.15) is 0 Å². The summed E-state index contributed by atoms with van der Waals surface area (Å²) in [5.74, 6) is -1.32. The van der Waals surface area contributed by atoms with Crippen molar-refractivity contribution in [2.75, 3.05) is 11.9 Å². The lowest BCUT2D eigenvalue weighted by Gasteiger charge is -2.19. The van der Waals surface area contributed by atoms with Crippen molar-refractivity contribution in [2.24, 2.45) is 0 Å². The van der Waals surface area contributed by atoms with Crippen LogP contribution >= 0.6 is 11.6 Å². The predicted molar refractivity (Wildman–Crippen MR) is 102 cm³/mol. The zero-order chi connectivity index (χ0) is 18.4. The van der Waals surface area contributed by atoms with E-state index in [1.807, 2.05) is 30.3 Å². The van der Waals surface area contributed by atoms with Crippen LogP contribution in [0.15, 0.2) is 48.5 Å². The van der Waals surface area contributed by atoms with Crippen LogP contribution < -0.4 is 10.6 Å². The lowest BCUT2D eigenvalue weighted by Crippen LogP contribution is -2.36. The average Bonchev–Trinajstić information content (AvgIpc) is 2.54. The van der Waals surface area contributed by atoms with Crippen LogP contribution in [0.2, 0.25) is 5.02 Å². The third-order valence-electron chi connectivity index (χ3n) is 3.80. The fourth-order valence-electron chi connectivity index (χ4n) is 2.33. The standard InChI is InChI=1S/C20H23ClN2O2/c1-20(2,3)15-7-9-17(10-8-15)23-19(25)18(24)22-12-11-14-5-4-6-16(21)13-14/h4-10,13H,11-12H2,1-3H3,(H,22,24)(H,23,25). The van der Waals surface area contributed by atoms with Crippen LogP contribution in [0.5, 0.6) is 0 Å². The van der Waals surface area contributed by atoms with E-state index in [1.165, 1.54) is 0 Å². The van der Waals surface area contributed by atoms with Crippen LogP contribution in [0, 0.1) is 0 Å². The fourth-order valence-corrected chi connectivity index (χ4v) is 2.55. The van der Waals surface area contributed by atoms with Crippen molar-refractivity contribution in [3.05, 3.63) is 64.7 Å². The summed E-state index contributed by atoms with van der Waals surface area (Å²) in [6.07, 6.45) is 0.611. The third kappa shape index (κ3) is 5.91. The Balaban J connectivity index is 1.83. The molecule has 0 radical (unpaired) electrons. The molecule has 2 N–H and O–H groups in total. The number of carbonyl (C=O) groups is 2. The van der Waals surface area contributed by atoms with Crippen LogP contribution in [-0.2, 0) is 21.4 Å². The Labute approximate surface area is 153 Å². The second-order valence-electron chi connectivity index (χ2n) is 6.92. The molecule has 2 aromatic carbocycles. The first-order chi connectivity index (χ1) is 11.8. The van der Waals surface area contributed by atoms with Crippen molar-refractivity contribution < 1.29 is 9.59 Å². The highest BCUT2D eigenvalue weighted by Crippen LogP contribution is 2.23. The lowest BCUT2D eigenvalue weighted by molar-refractivity contribution is -0.136. The van der Waals surface area contributed by atoms with Gasteiger partial charge in [-0.25, -0.2) is 0 Å². The minimum absolute atomic E-state index is 0.0419. The molecule has 0 aliphatic heterocycles. The Kier molecular flexibility index (Phi) is 6.21. The number of nitrogens with one attached hydrogen (secondary N) is 2. The van der Waals surface area contributed by atoms with Crippen LogP contribution in [0.3, 0.4) is 0 Å². The van der Waals surface area contributed by atoms with Crippen LogP contribution in [-0.4, -0.2) is 18.4 Å². The molecule has 2 amide bonds. The second-order valence-corrected chi connectivity index (χ2v) is 7.35. The predicted octanol–water partition coefficient (Wildman–Crippen LogP) is 3.93. The summed E-state index contributed by atoms with van der Waals surface area (Å²) in [6.45, 7) is 6.73. The van der Waals surface area contributed by atoms with Gasteiger partial charge in [0.25, 0.3) is 0 Å². The Hall–Kier alpha value is -2.33. The van der Waals surface area contributed by atoms with Gasteiger partial charge in [-0.2, -0.15) is 0 Å². The summed E-state index contributed by atoms with van der Waals surface area (Å²) in [4.78, 5) is 23.8. The lowest BCUT2D eigenvalue weighted by atomic mass is 9.87. The summed E-state index contributed by atoms with van der Waals surface area (Å²) >= 11 is 5.91. The molecule has 0 aromatic heterocycles. The molecular weight excluding hydrogens is 336 g/mol. The minimum Gasteiger partial charge on any atom is -0.347 e. The quantitative estimate of drug-likeness (QED) is 0.813. The van der Waals surface area contributed by atoms with E-state index in [1.54, 1.807) is 18.2 Å². The topological polar surface area (TPSA) is 58.2 Å². The SMILES string of the molecule is CC(C)(C)c1ccc(NC(=O)C(=O)NCCc2cccc(Cl)c2)cc1. The van der Waals surface area contributed by atoms with Gasteiger partial charge in [0.2, 0.25) is 0 Å². The molecule has 0 aliphatic rings. The fraction of sp³-hybridized carbons (Fsp3) is 0.300. The Morgan fingerprint density at radius 3 is 2.28 bits per heavy atom. The Bertz CT molecular complexity index is 749. The van der Waals surface area contributed by atoms with Crippen LogP contribution in [0.1, 0.15) is 31.9 Å².